The molecule has 0 aliphatic carbocycles. The number of pyridine rings is 1. The number of piperidine rings is 1. The highest BCUT2D eigenvalue weighted by atomic mass is 32.2. The molecule has 0 spiro atoms. The minimum atomic E-state index is -0.366. The first kappa shape index (κ1) is 27.9. The lowest BCUT2D eigenvalue weighted by Gasteiger charge is -2.36. The van der Waals surface area contributed by atoms with Crippen molar-refractivity contribution < 1.29 is 19.1 Å². The van der Waals surface area contributed by atoms with Gasteiger partial charge in [0.05, 0.1) is 30.6 Å². The molecule has 2 saturated heterocycles. The van der Waals surface area contributed by atoms with Crippen molar-refractivity contribution in [1.82, 2.24) is 9.47 Å². The van der Waals surface area contributed by atoms with Crippen LogP contribution < -0.4 is 10.5 Å². The fraction of sp³-hybridized carbons (Fsp3) is 0.560. The van der Waals surface area contributed by atoms with Crippen molar-refractivity contribution in [2.75, 3.05) is 44.9 Å². The number of hydrogen-bond donors (Lipinski definition) is 0. The van der Waals surface area contributed by atoms with Crippen molar-refractivity contribution in [3.63, 3.8) is 0 Å². The van der Waals surface area contributed by atoms with Crippen molar-refractivity contribution in [3.8, 4) is 6.07 Å². The normalized spacial score (nSPS) is 19.2. The van der Waals surface area contributed by atoms with Gasteiger partial charge in [-0.25, -0.2) is 0 Å². The first-order chi connectivity index (χ1) is 17.3. The van der Waals surface area contributed by atoms with E-state index < -0.39 is 0 Å². The number of carbonyl (C=O) groups is 2. The summed E-state index contributed by atoms with van der Waals surface area (Å²) >= 11 is 6.61. The van der Waals surface area contributed by atoms with E-state index in [0.29, 0.717) is 78.4 Å². The maximum absolute atomic E-state index is 13.4. The minimum absolute atomic E-state index is 0.0484. The van der Waals surface area contributed by atoms with Crippen molar-refractivity contribution in [2.24, 2.45) is 5.92 Å². The Bertz CT molecular complexity index is 1170. The summed E-state index contributed by atoms with van der Waals surface area (Å²) in [5.74, 6) is -0.186. The third-order valence-corrected chi connectivity index (χ3v) is 7.68. The van der Waals surface area contributed by atoms with E-state index in [1.807, 2.05) is 11.8 Å². The number of aromatic nitrogens is 1. The highest BCUT2D eigenvalue weighted by Gasteiger charge is 2.34. The molecule has 194 valence electrons. The molecule has 0 aromatic carbocycles. The van der Waals surface area contributed by atoms with E-state index in [-0.39, 0.29) is 28.9 Å². The first-order valence-corrected chi connectivity index (χ1v) is 13.3. The lowest BCUT2D eigenvalue weighted by atomic mass is 9.96. The van der Waals surface area contributed by atoms with Gasteiger partial charge in [-0.15, -0.1) is 0 Å². The van der Waals surface area contributed by atoms with E-state index in [1.54, 1.807) is 31.6 Å². The van der Waals surface area contributed by atoms with Gasteiger partial charge in [0.1, 0.15) is 21.8 Å². The monoisotopic (exact) mass is 532 g/mol. The minimum Gasteiger partial charge on any atom is -0.466 e. The molecule has 9 nitrogen and oxygen atoms in total. The van der Waals surface area contributed by atoms with Gasteiger partial charge in [0.15, 0.2) is 0 Å². The molecule has 0 bridgehead atoms. The number of rotatable bonds is 9. The summed E-state index contributed by atoms with van der Waals surface area (Å²) in [6.45, 7) is 7.90. The van der Waals surface area contributed by atoms with E-state index in [0.717, 1.165) is 6.42 Å². The summed E-state index contributed by atoms with van der Waals surface area (Å²) < 4.78 is 12.4. The van der Waals surface area contributed by atoms with Crippen molar-refractivity contribution in [2.45, 2.75) is 46.6 Å². The molecule has 0 saturated carbocycles. The Hall–Kier alpha value is -2.68. The number of amides is 1. The maximum Gasteiger partial charge on any atom is 0.310 e. The smallest absolute Gasteiger partial charge is 0.310 e. The summed E-state index contributed by atoms with van der Waals surface area (Å²) in [5.41, 5.74) is 0.809. The van der Waals surface area contributed by atoms with E-state index in [2.05, 4.69) is 6.07 Å². The molecule has 1 aromatic rings. The second kappa shape index (κ2) is 12.5. The zero-order valence-electron chi connectivity index (χ0n) is 21.2. The van der Waals surface area contributed by atoms with Gasteiger partial charge in [0.2, 0.25) is 0 Å². The van der Waals surface area contributed by atoms with E-state index in [4.69, 9.17) is 21.7 Å². The number of methoxy groups -OCH3 is 1. The fourth-order valence-electron chi connectivity index (χ4n) is 4.54. The van der Waals surface area contributed by atoms with Gasteiger partial charge in [0, 0.05) is 32.3 Å². The molecule has 0 radical (unpaired) electrons. The van der Waals surface area contributed by atoms with E-state index >= 15 is 0 Å². The average molecular weight is 533 g/mol. The SMILES string of the molecule is CCCn1c(N2CCCC(C(=O)OCC)C2)c(C=C2SC(=S)N(CCOC)C2=O)c(C)c(C#N)c1=O. The summed E-state index contributed by atoms with van der Waals surface area (Å²) in [6.07, 6.45) is 3.86. The maximum atomic E-state index is 13.4. The highest BCUT2D eigenvalue weighted by Crippen LogP contribution is 2.36. The Morgan fingerprint density at radius 2 is 2.06 bits per heavy atom. The Morgan fingerprint density at radius 1 is 1.31 bits per heavy atom. The largest absolute Gasteiger partial charge is 0.466 e. The number of hydrogen-bond acceptors (Lipinski definition) is 9. The van der Waals surface area contributed by atoms with Crippen molar-refractivity contribution in [1.29, 1.82) is 5.26 Å². The van der Waals surface area contributed by atoms with Crippen LogP contribution in [0.25, 0.3) is 6.08 Å². The third-order valence-electron chi connectivity index (χ3n) is 6.30. The molecule has 1 amide bonds. The molecule has 36 heavy (non-hydrogen) atoms. The van der Waals surface area contributed by atoms with Crippen LogP contribution in [0.1, 0.15) is 49.8 Å². The molecular weight excluding hydrogens is 500 g/mol. The van der Waals surface area contributed by atoms with Crippen LogP contribution in [-0.2, 0) is 25.6 Å². The molecular formula is C25H32N4O5S2. The Morgan fingerprint density at radius 3 is 2.69 bits per heavy atom. The molecule has 2 aliphatic heterocycles. The van der Waals surface area contributed by atoms with Crippen LogP contribution in [0, 0.1) is 24.2 Å². The summed E-state index contributed by atoms with van der Waals surface area (Å²) in [6, 6.07) is 2.06. The van der Waals surface area contributed by atoms with Crippen LogP contribution in [0.5, 0.6) is 0 Å². The van der Waals surface area contributed by atoms with E-state index in [9.17, 15) is 19.6 Å². The zero-order chi connectivity index (χ0) is 26.4. The van der Waals surface area contributed by atoms with Gasteiger partial charge >= 0.3 is 5.97 Å². The van der Waals surface area contributed by atoms with Crippen LogP contribution in [0.15, 0.2) is 9.70 Å². The highest BCUT2D eigenvalue weighted by molar-refractivity contribution is 8.26. The Balaban J connectivity index is 2.17. The molecule has 3 heterocycles. The van der Waals surface area contributed by atoms with Gasteiger partial charge < -0.3 is 14.4 Å². The van der Waals surface area contributed by atoms with Crippen LogP contribution >= 0.6 is 24.0 Å². The molecule has 1 aromatic heterocycles. The second-order valence-corrected chi connectivity index (χ2v) is 10.3. The number of nitriles is 1. The summed E-state index contributed by atoms with van der Waals surface area (Å²) in [5, 5.41) is 9.81. The molecule has 0 N–H and O–H groups in total. The quantitative estimate of drug-likeness (QED) is 0.270. The van der Waals surface area contributed by atoms with Gasteiger partial charge in [-0.3, -0.25) is 23.9 Å². The van der Waals surface area contributed by atoms with Crippen LogP contribution in [0.2, 0.25) is 0 Å². The van der Waals surface area contributed by atoms with Gasteiger partial charge in [-0.2, -0.15) is 5.26 Å². The number of carbonyl (C=O) groups excluding carboxylic acids is 2. The Kier molecular flexibility index (Phi) is 9.70. The zero-order valence-corrected chi connectivity index (χ0v) is 22.8. The van der Waals surface area contributed by atoms with Gasteiger partial charge in [-0.1, -0.05) is 30.9 Å². The molecule has 2 aliphatic rings. The van der Waals surface area contributed by atoms with Crippen molar-refractivity contribution in [3.05, 3.63) is 31.9 Å². The number of esters is 1. The van der Waals surface area contributed by atoms with Gasteiger partial charge in [-0.05, 0) is 44.7 Å². The lowest BCUT2D eigenvalue weighted by Crippen LogP contribution is -2.43. The van der Waals surface area contributed by atoms with Crippen molar-refractivity contribution >= 4 is 52.1 Å². The molecule has 3 rings (SSSR count). The van der Waals surface area contributed by atoms with Gasteiger partial charge in [0.25, 0.3) is 11.5 Å². The third kappa shape index (κ3) is 5.66. The predicted molar refractivity (Wildman–Crippen MR) is 144 cm³/mol. The molecule has 2 fully saturated rings. The summed E-state index contributed by atoms with van der Waals surface area (Å²) in [4.78, 5) is 43.0. The topological polar surface area (TPSA) is 105 Å². The van der Waals surface area contributed by atoms with Crippen LogP contribution in [-0.4, -0.2) is 65.6 Å². The standard InChI is InChI=1S/C25H32N4O5S2/c1-5-9-28-21(27-10-7-8-17(15-27)24(32)34-6-2)18(16(3)19(14-26)22(28)30)13-20-23(31)29(11-12-33-4)25(35)36-20/h13,17H,5-12,15H2,1-4H3. The second-order valence-electron chi connectivity index (χ2n) is 8.67. The number of thioether (sulfide) groups is 1. The Labute approximate surface area is 221 Å². The molecule has 11 heteroatoms. The first-order valence-electron chi connectivity index (χ1n) is 12.1. The number of ether oxygens (including phenoxy) is 2. The number of anilines is 1. The van der Waals surface area contributed by atoms with Crippen LogP contribution in [0.3, 0.4) is 0 Å². The number of nitrogens with zero attached hydrogens (tertiary/aromatic N) is 4. The number of thiocarbonyl (C=S) groups is 1. The average Bonchev–Trinajstić information content (AvgIpc) is 3.13. The lowest BCUT2D eigenvalue weighted by molar-refractivity contribution is -0.148. The van der Waals surface area contributed by atoms with E-state index in [1.165, 1.54) is 16.7 Å². The predicted octanol–water partition coefficient (Wildman–Crippen LogP) is 3.07. The van der Waals surface area contributed by atoms with Crippen LogP contribution in [0.4, 0.5) is 5.82 Å². The fourth-order valence-corrected chi connectivity index (χ4v) is 5.83. The summed E-state index contributed by atoms with van der Waals surface area (Å²) in [7, 11) is 1.56. The molecule has 1 unspecified atom stereocenters. The molecule has 1 atom stereocenters.